The molecule has 0 aliphatic rings. The first-order valence-electron chi connectivity index (χ1n) is 12.1. The molecule has 0 aliphatic heterocycles. The predicted molar refractivity (Wildman–Crippen MR) is 137 cm³/mol. The SMILES string of the molecule is COc1c(C(=O)N(C(C)=O)c2c(O)cc(C(F)(C(F)(F)F)C(F)(F)F)cc2OC(F)F)cccc1N(C)C(=O)c1ccncc1. The van der Waals surface area contributed by atoms with Crippen molar-refractivity contribution in [3.63, 3.8) is 0 Å². The van der Waals surface area contributed by atoms with E-state index in [0.717, 1.165) is 18.1 Å². The van der Waals surface area contributed by atoms with Crippen molar-refractivity contribution < 1.29 is 68.5 Å². The normalized spacial score (nSPS) is 12.1. The van der Waals surface area contributed by atoms with Crippen LogP contribution >= 0.6 is 0 Å². The van der Waals surface area contributed by atoms with Gasteiger partial charge in [-0.2, -0.15) is 35.1 Å². The summed E-state index contributed by atoms with van der Waals surface area (Å²) in [6, 6.07) is 5.29. The number of hydrogen-bond donors (Lipinski definition) is 1. The number of phenolic OH excluding ortho intramolecular Hbond substituents is 1. The van der Waals surface area contributed by atoms with E-state index in [2.05, 4.69) is 9.72 Å². The monoisotopic (exact) mass is 653 g/mol. The molecule has 3 rings (SSSR count). The lowest BCUT2D eigenvalue weighted by atomic mass is 9.93. The molecule has 1 N–H and O–H groups in total. The fourth-order valence-electron chi connectivity index (χ4n) is 4.18. The van der Waals surface area contributed by atoms with Gasteiger partial charge in [-0.15, -0.1) is 0 Å². The van der Waals surface area contributed by atoms with Gasteiger partial charge in [-0.25, -0.2) is 9.29 Å². The van der Waals surface area contributed by atoms with Gasteiger partial charge in [0.25, 0.3) is 11.8 Å². The van der Waals surface area contributed by atoms with Crippen molar-refractivity contribution >= 4 is 29.1 Å². The molecule has 0 bridgehead atoms. The molecule has 1 heterocycles. The highest BCUT2D eigenvalue weighted by Crippen LogP contribution is 2.55. The Morgan fingerprint density at radius 2 is 1.49 bits per heavy atom. The maximum atomic E-state index is 14.8. The maximum Gasteiger partial charge on any atom is 0.435 e. The molecule has 0 spiro atoms. The molecule has 0 fully saturated rings. The third-order valence-electron chi connectivity index (χ3n) is 6.21. The van der Waals surface area contributed by atoms with E-state index in [1.807, 2.05) is 0 Å². The minimum Gasteiger partial charge on any atom is -0.506 e. The van der Waals surface area contributed by atoms with Crippen molar-refractivity contribution in [1.82, 2.24) is 4.98 Å². The van der Waals surface area contributed by atoms with Gasteiger partial charge in [0.2, 0.25) is 5.91 Å². The fraction of sp³-hybridized carbons (Fsp3) is 0.259. The lowest BCUT2D eigenvalue weighted by molar-refractivity contribution is -0.348. The summed E-state index contributed by atoms with van der Waals surface area (Å²) in [5, 5.41) is 10.5. The van der Waals surface area contributed by atoms with E-state index < -0.39 is 88.5 Å². The van der Waals surface area contributed by atoms with Crippen LogP contribution < -0.4 is 19.3 Å². The quantitative estimate of drug-likeness (QED) is 0.290. The number of methoxy groups -OCH3 is 1. The van der Waals surface area contributed by atoms with Gasteiger partial charge >= 0.3 is 24.6 Å². The van der Waals surface area contributed by atoms with Crippen LogP contribution in [0, 0.1) is 0 Å². The van der Waals surface area contributed by atoms with Crippen molar-refractivity contribution in [2.75, 3.05) is 24.0 Å². The zero-order chi connectivity index (χ0) is 34.1. The van der Waals surface area contributed by atoms with Crippen LogP contribution in [0.4, 0.5) is 50.9 Å². The Morgan fingerprint density at radius 3 is 1.98 bits per heavy atom. The van der Waals surface area contributed by atoms with Crippen LogP contribution in [0.3, 0.4) is 0 Å². The number of imide groups is 1. The average molecular weight is 653 g/mol. The molecule has 18 heteroatoms. The van der Waals surface area contributed by atoms with Gasteiger partial charge in [0.1, 0.15) is 11.4 Å². The van der Waals surface area contributed by atoms with E-state index in [1.54, 1.807) is 0 Å². The van der Waals surface area contributed by atoms with Gasteiger partial charge in [-0.05, 0) is 36.4 Å². The summed E-state index contributed by atoms with van der Waals surface area (Å²) in [5.74, 6) is -7.65. The molecule has 2 aromatic carbocycles. The van der Waals surface area contributed by atoms with E-state index in [9.17, 15) is 59.0 Å². The number of alkyl halides is 9. The molecule has 9 nitrogen and oxygen atoms in total. The van der Waals surface area contributed by atoms with Crippen LogP contribution in [0.1, 0.15) is 33.2 Å². The number of halogens is 9. The Hall–Kier alpha value is -5.03. The van der Waals surface area contributed by atoms with E-state index >= 15 is 0 Å². The minimum absolute atomic E-state index is 0.102. The highest BCUT2D eigenvalue weighted by Gasteiger charge is 2.73. The van der Waals surface area contributed by atoms with Crippen molar-refractivity contribution in [2.45, 2.75) is 31.6 Å². The van der Waals surface area contributed by atoms with Crippen LogP contribution in [0.15, 0.2) is 54.9 Å². The number of para-hydroxylation sites is 1. The molecule has 0 aliphatic carbocycles. The molecule has 1 aromatic heterocycles. The number of benzene rings is 2. The Bertz CT molecular complexity index is 1580. The molecule has 242 valence electrons. The fourth-order valence-corrected chi connectivity index (χ4v) is 4.18. The summed E-state index contributed by atoms with van der Waals surface area (Å²) >= 11 is 0. The van der Waals surface area contributed by atoms with Crippen molar-refractivity contribution in [2.24, 2.45) is 0 Å². The van der Waals surface area contributed by atoms with E-state index in [4.69, 9.17) is 4.74 Å². The summed E-state index contributed by atoms with van der Waals surface area (Å²) < 4.78 is 131. The molecule has 0 saturated heterocycles. The summed E-state index contributed by atoms with van der Waals surface area (Å²) in [6.07, 6.45) is -10.8. The maximum absolute atomic E-state index is 14.8. The van der Waals surface area contributed by atoms with Crippen LogP contribution in [0.5, 0.6) is 17.2 Å². The van der Waals surface area contributed by atoms with Gasteiger partial charge < -0.3 is 19.5 Å². The molecule has 0 unspecified atom stereocenters. The topological polar surface area (TPSA) is 109 Å². The van der Waals surface area contributed by atoms with E-state index in [-0.39, 0.29) is 16.2 Å². The Kier molecular flexibility index (Phi) is 9.59. The first-order valence-corrected chi connectivity index (χ1v) is 12.1. The van der Waals surface area contributed by atoms with E-state index in [0.29, 0.717) is 6.92 Å². The number of amides is 3. The number of anilines is 2. The second kappa shape index (κ2) is 12.5. The standard InChI is InChI=1S/C27H20F9N3O6/c1-13(40)39(20-18(41)11-15(12-19(20)45-24(28)29)25(30,26(31,32)33)27(34,35)36)23(43)16-5-4-6-17(21(16)44-3)38(2)22(42)14-7-9-37-10-8-14/h4-12,24,41H,1-3H3. The molecule has 0 radical (unpaired) electrons. The predicted octanol–water partition coefficient (Wildman–Crippen LogP) is 6.16. The van der Waals surface area contributed by atoms with Crippen molar-refractivity contribution in [3.8, 4) is 17.2 Å². The van der Waals surface area contributed by atoms with Gasteiger partial charge in [-0.1, -0.05) is 6.07 Å². The average Bonchev–Trinajstić information content (AvgIpc) is 2.95. The van der Waals surface area contributed by atoms with Crippen LogP contribution in [0.25, 0.3) is 0 Å². The number of carbonyl (C=O) groups is 3. The third-order valence-corrected chi connectivity index (χ3v) is 6.21. The van der Waals surface area contributed by atoms with E-state index in [1.165, 1.54) is 43.7 Å². The van der Waals surface area contributed by atoms with Crippen molar-refractivity contribution in [3.05, 3.63) is 71.5 Å². The molecule has 0 saturated carbocycles. The van der Waals surface area contributed by atoms with Crippen LogP contribution in [-0.2, 0) is 10.5 Å². The largest absolute Gasteiger partial charge is 0.506 e. The zero-order valence-electron chi connectivity index (χ0n) is 23.0. The molecule has 3 amide bonds. The number of hydrogen-bond acceptors (Lipinski definition) is 7. The Labute approximate surface area is 247 Å². The first kappa shape index (κ1) is 34.5. The molecule has 0 atom stereocenters. The number of aromatic hydroxyl groups is 1. The number of phenols is 1. The Balaban J connectivity index is 2.25. The molecular formula is C27H20F9N3O6. The highest BCUT2D eigenvalue weighted by molar-refractivity contribution is 6.23. The van der Waals surface area contributed by atoms with Gasteiger partial charge in [0.15, 0.2) is 11.5 Å². The lowest BCUT2D eigenvalue weighted by Gasteiger charge is -2.31. The van der Waals surface area contributed by atoms with Crippen LogP contribution in [-0.4, -0.2) is 60.9 Å². The number of aromatic nitrogens is 1. The van der Waals surface area contributed by atoms with Gasteiger partial charge in [0.05, 0.1) is 18.4 Å². The number of nitrogens with zero attached hydrogens (tertiary/aromatic N) is 3. The summed E-state index contributed by atoms with van der Waals surface area (Å²) in [6.45, 7) is -3.39. The van der Waals surface area contributed by atoms with Gasteiger partial charge in [-0.3, -0.25) is 19.4 Å². The number of pyridine rings is 1. The highest BCUT2D eigenvalue weighted by atomic mass is 19.4. The zero-order valence-corrected chi connectivity index (χ0v) is 23.0. The second-order valence-electron chi connectivity index (χ2n) is 8.99. The molecule has 3 aromatic rings. The third kappa shape index (κ3) is 6.44. The second-order valence-corrected chi connectivity index (χ2v) is 8.99. The number of ether oxygens (including phenoxy) is 2. The first-order chi connectivity index (χ1) is 20.8. The molecular weight excluding hydrogens is 633 g/mol. The van der Waals surface area contributed by atoms with Gasteiger partial charge in [0, 0.05) is 37.5 Å². The summed E-state index contributed by atoms with van der Waals surface area (Å²) in [7, 11) is 2.30. The smallest absolute Gasteiger partial charge is 0.435 e. The Morgan fingerprint density at radius 1 is 0.911 bits per heavy atom. The summed E-state index contributed by atoms with van der Waals surface area (Å²) in [4.78, 5) is 44.0. The summed E-state index contributed by atoms with van der Waals surface area (Å²) in [5.41, 5.74) is -10.7. The van der Waals surface area contributed by atoms with Crippen LogP contribution in [0.2, 0.25) is 0 Å². The number of carbonyl (C=O) groups excluding carboxylic acids is 3. The van der Waals surface area contributed by atoms with Crippen molar-refractivity contribution in [1.29, 1.82) is 0 Å². The molecule has 45 heavy (non-hydrogen) atoms. The minimum atomic E-state index is -6.72. The lowest BCUT2D eigenvalue weighted by Crippen LogP contribution is -2.50. The number of rotatable bonds is 8.